The summed E-state index contributed by atoms with van der Waals surface area (Å²) in [5, 5.41) is 0. The van der Waals surface area contributed by atoms with Crippen molar-refractivity contribution in [3.8, 4) is 0 Å². The zero-order valence-electron chi connectivity index (χ0n) is 14.3. The molecule has 0 aromatic carbocycles. The standard InChI is InChI=1S/C19H23N5O/c25-19(6-4-15-2-1-7-20-10-15)24-13-16-3-5-17(24)14-23(12-16)18-11-21-8-9-22-18/h1-2,7-11,16-17H,3-6,12-14H2/t16-,17+/m0/s1. The quantitative estimate of drug-likeness (QED) is 0.853. The summed E-state index contributed by atoms with van der Waals surface area (Å²) >= 11 is 0. The largest absolute Gasteiger partial charge is 0.353 e. The van der Waals surface area contributed by atoms with Gasteiger partial charge in [0, 0.05) is 56.9 Å². The molecule has 130 valence electrons. The SMILES string of the molecule is O=C(CCc1cccnc1)N1C[C@H]2CC[C@@H]1CN(c1cnccn1)C2. The molecule has 25 heavy (non-hydrogen) atoms. The van der Waals surface area contributed by atoms with E-state index >= 15 is 0 Å². The maximum absolute atomic E-state index is 12.8. The molecule has 6 heteroatoms. The van der Waals surface area contributed by atoms with Crippen LogP contribution in [0.4, 0.5) is 5.82 Å². The van der Waals surface area contributed by atoms with E-state index in [1.807, 2.05) is 24.5 Å². The molecule has 1 amide bonds. The smallest absolute Gasteiger partial charge is 0.223 e. The summed E-state index contributed by atoms with van der Waals surface area (Å²) in [7, 11) is 0. The van der Waals surface area contributed by atoms with Gasteiger partial charge in [-0.3, -0.25) is 14.8 Å². The minimum Gasteiger partial charge on any atom is -0.353 e. The molecule has 6 nitrogen and oxygen atoms in total. The molecule has 3 fully saturated rings. The van der Waals surface area contributed by atoms with Crippen LogP contribution in [-0.4, -0.2) is 51.4 Å². The van der Waals surface area contributed by atoms with Crippen LogP contribution in [0.1, 0.15) is 24.8 Å². The highest BCUT2D eigenvalue weighted by Crippen LogP contribution is 2.30. The normalized spacial score (nSPS) is 22.7. The number of carbonyl (C=O) groups excluding carboxylic acids is 1. The molecule has 0 N–H and O–H groups in total. The second kappa shape index (κ2) is 7.17. The van der Waals surface area contributed by atoms with E-state index in [1.54, 1.807) is 18.6 Å². The van der Waals surface area contributed by atoms with Crippen molar-refractivity contribution >= 4 is 11.7 Å². The Labute approximate surface area is 147 Å². The van der Waals surface area contributed by atoms with E-state index in [9.17, 15) is 4.79 Å². The van der Waals surface area contributed by atoms with Gasteiger partial charge >= 0.3 is 0 Å². The first-order valence-electron chi connectivity index (χ1n) is 8.99. The van der Waals surface area contributed by atoms with E-state index in [1.165, 1.54) is 6.42 Å². The highest BCUT2D eigenvalue weighted by atomic mass is 16.2. The van der Waals surface area contributed by atoms with Gasteiger partial charge in [-0.1, -0.05) is 6.07 Å². The summed E-state index contributed by atoms with van der Waals surface area (Å²) in [6.45, 7) is 2.68. The van der Waals surface area contributed by atoms with Crippen LogP contribution < -0.4 is 4.90 Å². The Bertz CT molecular complexity index is 708. The number of anilines is 1. The van der Waals surface area contributed by atoms with Crippen molar-refractivity contribution in [3.63, 3.8) is 0 Å². The number of hydrogen-bond acceptors (Lipinski definition) is 5. The Morgan fingerprint density at radius 1 is 1.08 bits per heavy atom. The topological polar surface area (TPSA) is 62.2 Å². The fraction of sp³-hybridized carbons (Fsp3) is 0.474. The van der Waals surface area contributed by atoms with E-state index in [0.717, 1.165) is 43.9 Å². The molecular weight excluding hydrogens is 314 g/mol. The molecule has 2 atom stereocenters. The van der Waals surface area contributed by atoms with Gasteiger partial charge in [-0.25, -0.2) is 4.98 Å². The van der Waals surface area contributed by atoms with Crippen molar-refractivity contribution in [2.45, 2.75) is 31.7 Å². The van der Waals surface area contributed by atoms with E-state index in [4.69, 9.17) is 0 Å². The van der Waals surface area contributed by atoms with Gasteiger partial charge in [-0.05, 0) is 36.8 Å². The summed E-state index contributed by atoms with van der Waals surface area (Å²) in [6.07, 6.45) is 12.4. The minimum atomic E-state index is 0.263. The van der Waals surface area contributed by atoms with Crippen LogP contribution in [0.2, 0.25) is 0 Å². The van der Waals surface area contributed by atoms with Crippen molar-refractivity contribution < 1.29 is 4.79 Å². The van der Waals surface area contributed by atoms with Crippen molar-refractivity contribution in [3.05, 3.63) is 48.7 Å². The molecule has 2 aromatic heterocycles. The van der Waals surface area contributed by atoms with Gasteiger partial charge in [-0.2, -0.15) is 0 Å². The lowest BCUT2D eigenvalue weighted by atomic mass is 9.94. The fourth-order valence-electron chi connectivity index (χ4n) is 3.97. The summed E-state index contributed by atoms with van der Waals surface area (Å²) in [6, 6.07) is 4.24. The van der Waals surface area contributed by atoms with Crippen LogP contribution in [0.25, 0.3) is 0 Å². The van der Waals surface area contributed by atoms with Gasteiger partial charge in [0.05, 0.1) is 6.20 Å². The molecule has 0 unspecified atom stereocenters. The average Bonchev–Trinajstić information content (AvgIpc) is 3.00. The van der Waals surface area contributed by atoms with Crippen LogP contribution in [0.15, 0.2) is 43.1 Å². The maximum atomic E-state index is 12.8. The third-order valence-corrected chi connectivity index (χ3v) is 5.26. The van der Waals surface area contributed by atoms with Crippen LogP contribution >= 0.6 is 0 Å². The lowest BCUT2D eigenvalue weighted by Gasteiger charge is -2.36. The number of fused-ring (bicyclic) bond motifs is 4. The zero-order chi connectivity index (χ0) is 17.1. The van der Waals surface area contributed by atoms with Gasteiger partial charge in [0.2, 0.25) is 5.91 Å². The van der Waals surface area contributed by atoms with E-state index in [2.05, 4.69) is 24.8 Å². The molecule has 0 saturated carbocycles. The number of hydrogen-bond donors (Lipinski definition) is 0. The van der Waals surface area contributed by atoms with E-state index < -0.39 is 0 Å². The van der Waals surface area contributed by atoms with Crippen LogP contribution in [-0.2, 0) is 11.2 Å². The Hall–Kier alpha value is -2.50. The van der Waals surface area contributed by atoms with Crippen molar-refractivity contribution in [1.82, 2.24) is 19.9 Å². The van der Waals surface area contributed by atoms with Gasteiger partial charge < -0.3 is 9.80 Å². The average molecular weight is 337 g/mol. The second-order valence-corrected chi connectivity index (χ2v) is 6.97. The Morgan fingerprint density at radius 2 is 2.00 bits per heavy atom. The number of nitrogens with zero attached hydrogens (tertiary/aromatic N) is 5. The number of amides is 1. The number of carbonyl (C=O) groups is 1. The number of piperidine rings is 1. The van der Waals surface area contributed by atoms with Crippen molar-refractivity contribution in [1.29, 1.82) is 0 Å². The summed E-state index contributed by atoms with van der Waals surface area (Å²) < 4.78 is 0. The van der Waals surface area contributed by atoms with Crippen LogP contribution in [0, 0.1) is 5.92 Å². The molecular formula is C19H23N5O. The van der Waals surface area contributed by atoms with Crippen molar-refractivity contribution in [2.75, 3.05) is 24.5 Å². The van der Waals surface area contributed by atoms with E-state index in [0.29, 0.717) is 12.3 Å². The fourth-order valence-corrected chi connectivity index (χ4v) is 3.97. The number of aromatic nitrogens is 3. The number of pyridine rings is 1. The predicted molar refractivity (Wildman–Crippen MR) is 95.0 cm³/mol. The van der Waals surface area contributed by atoms with E-state index in [-0.39, 0.29) is 11.9 Å². The molecule has 5 heterocycles. The minimum absolute atomic E-state index is 0.263. The number of rotatable bonds is 4. The van der Waals surface area contributed by atoms with Gasteiger partial charge in [0.1, 0.15) is 5.82 Å². The third-order valence-electron chi connectivity index (χ3n) is 5.26. The lowest BCUT2D eigenvalue weighted by Crippen LogP contribution is -2.47. The molecule has 0 spiro atoms. The first-order valence-corrected chi connectivity index (χ1v) is 8.99. The van der Waals surface area contributed by atoms with Crippen LogP contribution in [0.3, 0.4) is 0 Å². The molecule has 2 bridgehead atoms. The Kier molecular flexibility index (Phi) is 4.59. The zero-order valence-corrected chi connectivity index (χ0v) is 14.3. The number of aryl methyl sites for hydroxylation is 1. The second-order valence-electron chi connectivity index (χ2n) is 6.97. The third kappa shape index (κ3) is 3.62. The first kappa shape index (κ1) is 16.0. The molecule has 0 radical (unpaired) electrons. The van der Waals surface area contributed by atoms with Gasteiger partial charge in [-0.15, -0.1) is 0 Å². The monoisotopic (exact) mass is 337 g/mol. The molecule has 5 rings (SSSR count). The summed E-state index contributed by atoms with van der Waals surface area (Å²) in [5.74, 6) is 1.70. The van der Waals surface area contributed by atoms with Crippen LogP contribution in [0.5, 0.6) is 0 Å². The molecule has 3 aliphatic heterocycles. The first-order chi connectivity index (χ1) is 12.3. The maximum Gasteiger partial charge on any atom is 0.223 e. The highest BCUT2D eigenvalue weighted by Gasteiger charge is 2.37. The Morgan fingerprint density at radius 3 is 2.80 bits per heavy atom. The Balaban J connectivity index is 1.42. The molecule has 3 aliphatic rings. The highest BCUT2D eigenvalue weighted by molar-refractivity contribution is 5.77. The van der Waals surface area contributed by atoms with Gasteiger partial charge in [0.25, 0.3) is 0 Å². The summed E-state index contributed by atoms with van der Waals surface area (Å²) in [4.78, 5) is 30.0. The molecule has 3 saturated heterocycles. The van der Waals surface area contributed by atoms with Gasteiger partial charge in [0.15, 0.2) is 0 Å². The van der Waals surface area contributed by atoms with Crippen molar-refractivity contribution in [2.24, 2.45) is 5.92 Å². The molecule has 2 aromatic rings. The predicted octanol–water partition coefficient (Wildman–Crippen LogP) is 1.93. The lowest BCUT2D eigenvalue weighted by molar-refractivity contribution is -0.135. The molecule has 0 aliphatic carbocycles. The summed E-state index contributed by atoms with van der Waals surface area (Å²) in [5.41, 5.74) is 1.12.